The Labute approximate surface area is 103 Å². The van der Waals surface area contributed by atoms with Crippen LogP contribution in [0.25, 0.3) is 0 Å². The molecule has 98 valence electrons. The normalized spacial score (nSPS) is 10.6. The number of unbranched alkanes of at least 4 members (excludes halogenated alkanes) is 5. The van der Waals surface area contributed by atoms with E-state index in [1.165, 1.54) is 31.9 Å². The zero-order valence-electron chi connectivity index (χ0n) is 10.5. The average molecular weight is 242 g/mol. The van der Waals surface area contributed by atoms with Crippen molar-refractivity contribution in [2.24, 2.45) is 0 Å². The van der Waals surface area contributed by atoms with Crippen LogP contribution in [0.15, 0.2) is 12.3 Å². The lowest BCUT2D eigenvalue weighted by atomic mass is 10.1. The van der Waals surface area contributed by atoms with Gasteiger partial charge in [0.15, 0.2) is 0 Å². The molecule has 0 aliphatic heterocycles. The molecule has 0 aliphatic carbocycles. The van der Waals surface area contributed by atoms with E-state index in [2.05, 4.69) is 6.92 Å². The van der Waals surface area contributed by atoms with Crippen molar-refractivity contribution in [2.75, 3.05) is 0 Å². The fourth-order valence-corrected chi connectivity index (χ4v) is 1.33. The highest BCUT2D eigenvalue weighted by Crippen LogP contribution is 2.05. The molecule has 4 heteroatoms. The Kier molecular flexibility index (Phi) is 10.3. The van der Waals surface area contributed by atoms with Crippen LogP contribution in [0.5, 0.6) is 0 Å². The number of aliphatic carboxylic acids is 1. The van der Waals surface area contributed by atoms with E-state index in [1.807, 2.05) is 6.08 Å². The van der Waals surface area contributed by atoms with Gasteiger partial charge in [-0.1, -0.05) is 32.6 Å². The molecule has 0 aromatic carbocycles. The second-order valence-corrected chi connectivity index (χ2v) is 3.96. The molecule has 0 spiro atoms. The molecule has 0 aliphatic rings. The molecule has 1 N–H and O–H groups in total. The summed E-state index contributed by atoms with van der Waals surface area (Å²) in [6.45, 7) is 2.18. The van der Waals surface area contributed by atoms with Crippen LogP contribution in [-0.4, -0.2) is 17.0 Å². The van der Waals surface area contributed by atoms with Crippen LogP contribution in [0, 0.1) is 0 Å². The number of rotatable bonds is 10. The van der Waals surface area contributed by atoms with Gasteiger partial charge in [0.25, 0.3) is 0 Å². The maximum Gasteiger partial charge on any atom is 0.311 e. The minimum atomic E-state index is -0.984. The third kappa shape index (κ3) is 12.6. The lowest BCUT2D eigenvalue weighted by Gasteiger charge is -1.97. The summed E-state index contributed by atoms with van der Waals surface area (Å²) in [6.07, 6.45) is 9.88. The van der Waals surface area contributed by atoms with Crippen molar-refractivity contribution < 1.29 is 19.4 Å². The molecule has 0 amide bonds. The Morgan fingerprint density at radius 2 is 1.82 bits per heavy atom. The lowest BCUT2D eigenvalue weighted by molar-refractivity contribution is -0.144. The van der Waals surface area contributed by atoms with E-state index in [0.29, 0.717) is 0 Å². The summed E-state index contributed by atoms with van der Waals surface area (Å²) in [5, 5.41) is 8.35. The zero-order chi connectivity index (χ0) is 12.9. The maximum absolute atomic E-state index is 11.0. The molecule has 0 saturated heterocycles. The van der Waals surface area contributed by atoms with Gasteiger partial charge in [0.1, 0.15) is 0 Å². The fraction of sp³-hybridized carbons (Fsp3) is 0.692. The predicted molar refractivity (Wildman–Crippen MR) is 65.5 cm³/mol. The molecular formula is C13H22O4. The third-order valence-electron chi connectivity index (χ3n) is 2.31. The van der Waals surface area contributed by atoms with E-state index in [4.69, 9.17) is 9.84 Å². The van der Waals surface area contributed by atoms with Crippen molar-refractivity contribution in [1.82, 2.24) is 0 Å². The third-order valence-corrected chi connectivity index (χ3v) is 2.31. The van der Waals surface area contributed by atoms with Gasteiger partial charge in [-0.25, -0.2) is 0 Å². The van der Waals surface area contributed by atoms with Gasteiger partial charge >= 0.3 is 11.9 Å². The smallest absolute Gasteiger partial charge is 0.311 e. The Balaban J connectivity index is 3.34. The topological polar surface area (TPSA) is 63.6 Å². The second-order valence-electron chi connectivity index (χ2n) is 3.96. The summed E-state index contributed by atoms with van der Waals surface area (Å²) in [6, 6.07) is 0. The standard InChI is InChI=1S/C13H22O4/c1-2-3-4-5-6-7-8-11-17-13(16)10-9-12(14)15/h8,11H,2-7,9-10H2,1H3,(H,14,15). The highest BCUT2D eigenvalue weighted by atomic mass is 16.5. The Bertz CT molecular complexity index is 246. The number of allylic oxidation sites excluding steroid dienone is 1. The van der Waals surface area contributed by atoms with E-state index in [-0.39, 0.29) is 12.8 Å². The van der Waals surface area contributed by atoms with E-state index in [0.717, 1.165) is 12.8 Å². The first-order chi connectivity index (χ1) is 8.16. The average Bonchev–Trinajstić information content (AvgIpc) is 2.30. The summed E-state index contributed by atoms with van der Waals surface area (Å²) in [5.74, 6) is -1.48. The predicted octanol–water partition coefficient (Wildman–Crippen LogP) is 3.27. The molecule has 0 rings (SSSR count). The van der Waals surface area contributed by atoms with Crippen LogP contribution in [0.1, 0.15) is 58.3 Å². The summed E-state index contributed by atoms with van der Waals surface area (Å²) in [5.41, 5.74) is 0. The van der Waals surface area contributed by atoms with Crippen LogP contribution in [0.4, 0.5) is 0 Å². The van der Waals surface area contributed by atoms with Gasteiger partial charge in [-0.05, 0) is 18.9 Å². The number of carbonyl (C=O) groups is 2. The van der Waals surface area contributed by atoms with Gasteiger partial charge in [0, 0.05) is 0 Å². The van der Waals surface area contributed by atoms with Gasteiger partial charge in [-0.15, -0.1) is 0 Å². The van der Waals surface area contributed by atoms with Gasteiger partial charge in [-0.3, -0.25) is 9.59 Å². The summed E-state index contributed by atoms with van der Waals surface area (Å²) >= 11 is 0. The second kappa shape index (κ2) is 11.2. The highest BCUT2D eigenvalue weighted by Gasteiger charge is 2.04. The Morgan fingerprint density at radius 3 is 2.47 bits per heavy atom. The first-order valence-electron chi connectivity index (χ1n) is 6.23. The van der Waals surface area contributed by atoms with Crippen molar-refractivity contribution in [1.29, 1.82) is 0 Å². The number of carbonyl (C=O) groups excluding carboxylic acids is 1. The molecule has 17 heavy (non-hydrogen) atoms. The number of ether oxygens (including phenoxy) is 1. The molecule has 0 saturated carbocycles. The summed E-state index contributed by atoms with van der Waals surface area (Å²) in [4.78, 5) is 21.2. The van der Waals surface area contributed by atoms with Gasteiger partial charge in [0.05, 0.1) is 19.1 Å². The van der Waals surface area contributed by atoms with Crippen molar-refractivity contribution in [3.8, 4) is 0 Å². The number of esters is 1. The maximum atomic E-state index is 11.0. The molecule has 0 aromatic rings. The molecular weight excluding hydrogens is 220 g/mol. The van der Waals surface area contributed by atoms with Crippen molar-refractivity contribution >= 4 is 11.9 Å². The van der Waals surface area contributed by atoms with Gasteiger partial charge in [-0.2, -0.15) is 0 Å². The minimum absolute atomic E-state index is 0.0732. The van der Waals surface area contributed by atoms with Gasteiger partial charge < -0.3 is 9.84 Å². The molecule has 0 bridgehead atoms. The minimum Gasteiger partial charge on any atom is -0.481 e. The first kappa shape index (κ1) is 15.7. The molecule has 0 heterocycles. The number of carboxylic acids is 1. The van der Waals surface area contributed by atoms with Crippen molar-refractivity contribution in [2.45, 2.75) is 58.3 Å². The molecule has 0 atom stereocenters. The van der Waals surface area contributed by atoms with Crippen LogP contribution in [0.2, 0.25) is 0 Å². The van der Waals surface area contributed by atoms with Crippen molar-refractivity contribution in [3.05, 3.63) is 12.3 Å². The molecule has 0 unspecified atom stereocenters. The SMILES string of the molecule is CCCCCCCC=COC(=O)CCC(=O)O. The molecule has 0 fully saturated rings. The lowest BCUT2D eigenvalue weighted by Crippen LogP contribution is -2.03. The van der Waals surface area contributed by atoms with Crippen LogP contribution in [0.3, 0.4) is 0 Å². The first-order valence-corrected chi connectivity index (χ1v) is 6.23. The summed E-state index contributed by atoms with van der Waals surface area (Å²) in [7, 11) is 0. The number of hydrogen-bond donors (Lipinski definition) is 1. The van der Waals surface area contributed by atoms with Gasteiger partial charge in [0.2, 0.25) is 0 Å². The molecule has 0 aromatic heterocycles. The number of hydrogen-bond acceptors (Lipinski definition) is 3. The van der Waals surface area contributed by atoms with Crippen LogP contribution < -0.4 is 0 Å². The zero-order valence-corrected chi connectivity index (χ0v) is 10.5. The largest absolute Gasteiger partial charge is 0.481 e. The monoisotopic (exact) mass is 242 g/mol. The van der Waals surface area contributed by atoms with Crippen LogP contribution >= 0.6 is 0 Å². The van der Waals surface area contributed by atoms with Crippen LogP contribution in [-0.2, 0) is 14.3 Å². The van der Waals surface area contributed by atoms with E-state index in [1.54, 1.807) is 0 Å². The number of carboxylic acid groups (broad SMARTS) is 1. The molecule has 0 radical (unpaired) electrons. The fourth-order valence-electron chi connectivity index (χ4n) is 1.33. The highest BCUT2D eigenvalue weighted by molar-refractivity contribution is 5.76. The summed E-state index contributed by atoms with van der Waals surface area (Å²) < 4.78 is 4.74. The molecule has 4 nitrogen and oxygen atoms in total. The quantitative estimate of drug-likeness (QED) is 0.363. The van der Waals surface area contributed by atoms with Crippen molar-refractivity contribution in [3.63, 3.8) is 0 Å². The van der Waals surface area contributed by atoms with E-state index < -0.39 is 11.9 Å². The van der Waals surface area contributed by atoms with E-state index in [9.17, 15) is 9.59 Å². The Hall–Kier alpha value is -1.32. The Morgan fingerprint density at radius 1 is 1.12 bits per heavy atom. The van der Waals surface area contributed by atoms with E-state index >= 15 is 0 Å².